The Morgan fingerprint density at radius 2 is 1.71 bits per heavy atom. The van der Waals surface area contributed by atoms with Gasteiger partial charge in [-0.25, -0.2) is 0 Å². The fourth-order valence-electron chi connectivity index (χ4n) is 6.08. The molecule has 4 rings (SSSR count). The third kappa shape index (κ3) is 6.91. The van der Waals surface area contributed by atoms with Gasteiger partial charge in [-0.1, -0.05) is 42.5 Å². The van der Waals surface area contributed by atoms with Crippen LogP contribution in [0.25, 0.3) is 0 Å². The van der Waals surface area contributed by atoms with Gasteiger partial charge in [-0.2, -0.15) is 0 Å². The molecule has 2 heterocycles. The molecule has 1 aromatic carbocycles. The number of hydrogen-bond donors (Lipinski definition) is 1. The van der Waals surface area contributed by atoms with Crippen LogP contribution in [0.4, 0.5) is 0 Å². The predicted molar refractivity (Wildman–Crippen MR) is 142 cm³/mol. The Kier molecular flexibility index (Phi) is 9.74. The number of piperidine rings is 1. The van der Waals surface area contributed by atoms with Gasteiger partial charge in [-0.3, -0.25) is 14.5 Å². The van der Waals surface area contributed by atoms with E-state index in [-0.39, 0.29) is 17.9 Å². The Morgan fingerprint density at radius 1 is 1.00 bits per heavy atom. The number of carbonyl (C=O) groups is 2. The molecule has 8 heteroatoms. The minimum absolute atomic E-state index is 0.0693. The van der Waals surface area contributed by atoms with Gasteiger partial charge in [0.05, 0.1) is 16.6 Å². The highest BCUT2D eigenvalue weighted by Crippen LogP contribution is 2.31. The van der Waals surface area contributed by atoms with Crippen molar-refractivity contribution < 1.29 is 9.59 Å². The molecule has 1 aromatic rings. The molecule has 2 saturated heterocycles. The monoisotopic (exact) mass is 522 g/mol. The summed E-state index contributed by atoms with van der Waals surface area (Å²) in [6.45, 7) is 7.90. The molecule has 0 spiro atoms. The first-order valence-corrected chi connectivity index (χ1v) is 14.2. The Balaban J connectivity index is 1.30. The van der Waals surface area contributed by atoms with Crippen LogP contribution in [0.2, 0.25) is 10.0 Å². The summed E-state index contributed by atoms with van der Waals surface area (Å²) in [6.07, 6.45) is 9.55. The molecule has 1 aliphatic carbocycles. The van der Waals surface area contributed by atoms with Gasteiger partial charge >= 0.3 is 0 Å². The minimum Gasteiger partial charge on any atom is -0.355 e. The largest absolute Gasteiger partial charge is 0.355 e. The van der Waals surface area contributed by atoms with Gasteiger partial charge in [0.2, 0.25) is 5.91 Å². The van der Waals surface area contributed by atoms with Crippen LogP contribution in [0.1, 0.15) is 68.6 Å². The number of likely N-dealkylation sites (tertiary alicyclic amines) is 1. The van der Waals surface area contributed by atoms with Gasteiger partial charge in [0, 0.05) is 50.3 Å². The molecule has 1 N–H and O–H groups in total. The third-order valence-corrected chi connectivity index (χ3v) is 8.68. The van der Waals surface area contributed by atoms with Crippen molar-refractivity contribution in [3.63, 3.8) is 0 Å². The maximum absolute atomic E-state index is 13.4. The van der Waals surface area contributed by atoms with Crippen LogP contribution in [0.5, 0.6) is 0 Å². The van der Waals surface area contributed by atoms with Crippen LogP contribution >= 0.6 is 23.2 Å². The number of rotatable bonds is 8. The van der Waals surface area contributed by atoms with E-state index in [4.69, 9.17) is 23.2 Å². The van der Waals surface area contributed by atoms with E-state index in [9.17, 15) is 9.59 Å². The number of hydrogen-bond acceptors (Lipinski definition) is 4. The summed E-state index contributed by atoms with van der Waals surface area (Å²) in [5.41, 5.74) is 0.484. The van der Waals surface area contributed by atoms with Crippen molar-refractivity contribution in [2.45, 2.75) is 70.4 Å². The van der Waals surface area contributed by atoms with E-state index < -0.39 is 0 Å². The first-order valence-electron chi connectivity index (χ1n) is 13.4. The van der Waals surface area contributed by atoms with Crippen molar-refractivity contribution in [1.82, 2.24) is 20.0 Å². The summed E-state index contributed by atoms with van der Waals surface area (Å²) in [7, 11) is 0. The van der Waals surface area contributed by atoms with Gasteiger partial charge in [0.1, 0.15) is 0 Å². The van der Waals surface area contributed by atoms with Gasteiger partial charge in [-0.15, -0.1) is 0 Å². The lowest BCUT2D eigenvalue weighted by molar-refractivity contribution is -0.129. The lowest BCUT2D eigenvalue weighted by Gasteiger charge is -2.41. The van der Waals surface area contributed by atoms with E-state index >= 15 is 0 Å². The van der Waals surface area contributed by atoms with Crippen LogP contribution in [0.3, 0.4) is 0 Å². The molecule has 2 atom stereocenters. The minimum atomic E-state index is -0.0946. The summed E-state index contributed by atoms with van der Waals surface area (Å²) < 4.78 is 0. The van der Waals surface area contributed by atoms with E-state index in [1.165, 1.54) is 38.6 Å². The Hall–Kier alpha value is -1.34. The normalized spacial score (nSPS) is 23.4. The Morgan fingerprint density at radius 3 is 2.40 bits per heavy atom. The quantitative estimate of drug-likeness (QED) is 0.503. The smallest absolute Gasteiger partial charge is 0.255 e. The first kappa shape index (κ1) is 26.7. The average molecular weight is 524 g/mol. The third-order valence-electron chi connectivity index (χ3n) is 8.13. The number of amides is 2. The van der Waals surface area contributed by atoms with E-state index in [0.29, 0.717) is 53.7 Å². The van der Waals surface area contributed by atoms with E-state index in [2.05, 4.69) is 22.0 Å². The molecule has 3 aliphatic rings. The van der Waals surface area contributed by atoms with Crippen LogP contribution in [-0.4, -0.2) is 84.4 Å². The van der Waals surface area contributed by atoms with Crippen molar-refractivity contribution in [3.8, 4) is 0 Å². The number of halogens is 2. The standard InChI is InChI=1S/C27H40Cl2N4O2/c1-20-7-4-5-13-31(20)14-6-12-30-26(34)25(21-8-2-3-9-21)32-15-17-33(18-16-32)27(35)23-11-10-22(28)19-24(23)29/h10-11,19-21,25H,2-9,12-18H2,1H3,(H,30,34)/t20-,25-/m1/s1. The maximum Gasteiger partial charge on any atom is 0.255 e. The molecule has 35 heavy (non-hydrogen) atoms. The molecule has 3 fully saturated rings. The maximum atomic E-state index is 13.4. The van der Waals surface area contributed by atoms with Gasteiger partial charge in [0.25, 0.3) is 5.91 Å². The molecule has 2 aliphatic heterocycles. The van der Waals surface area contributed by atoms with E-state index in [1.807, 2.05) is 4.90 Å². The molecule has 2 amide bonds. The first-order chi connectivity index (χ1) is 16.9. The second kappa shape index (κ2) is 12.8. The van der Waals surface area contributed by atoms with Crippen molar-refractivity contribution in [3.05, 3.63) is 33.8 Å². The zero-order valence-corrected chi connectivity index (χ0v) is 22.5. The molecule has 0 radical (unpaired) electrons. The topological polar surface area (TPSA) is 55.9 Å². The van der Waals surface area contributed by atoms with E-state index in [0.717, 1.165) is 32.4 Å². The highest BCUT2D eigenvalue weighted by atomic mass is 35.5. The van der Waals surface area contributed by atoms with Crippen molar-refractivity contribution >= 4 is 35.0 Å². The average Bonchev–Trinajstić information content (AvgIpc) is 3.37. The number of nitrogens with zero attached hydrogens (tertiary/aromatic N) is 3. The predicted octanol–water partition coefficient (Wildman–Crippen LogP) is 4.69. The van der Waals surface area contributed by atoms with Crippen LogP contribution < -0.4 is 5.32 Å². The van der Waals surface area contributed by atoms with Crippen LogP contribution in [-0.2, 0) is 4.79 Å². The second-order valence-corrected chi connectivity index (χ2v) is 11.3. The number of carbonyl (C=O) groups excluding carboxylic acids is 2. The second-order valence-electron chi connectivity index (χ2n) is 10.5. The summed E-state index contributed by atoms with van der Waals surface area (Å²) in [5, 5.41) is 4.17. The zero-order chi connectivity index (χ0) is 24.8. The molecule has 1 saturated carbocycles. The molecular weight excluding hydrogens is 483 g/mol. The van der Waals surface area contributed by atoms with Crippen LogP contribution in [0, 0.1) is 5.92 Å². The SMILES string of the molecule is C[C@@H]1CCCCN1CCCNC(=O)[C@@H](C1CCCC1)N1CCN(C(=O)c2ccc(Cl)cc2Cl)CC1. The van der Waals surface area contributed by atoms with Gasteiger partial charge in [0.15, 0.2) is 0 Å². The fraction of sp³-hybridized carbons (Fsp3) is 0.704. The molecule has 6 nitrogen and oxygen atoms in total. The molecule has 194 valence electrons. The zero-order valence-electron chi connectivity index (χ0n) is 21.0. The van der Waals surface area contributed by atoms with Crippen molar-refractivity contribution in [2.75, 3.05) is 45.8 Å². The van der Waals surface area contributed by atoms with Gasteiger partial charge in [-0.05, 0) is 69.7 Å². The molecular formula is C27H40Cl2N4O2. The van der Waals surface area contributed by atoms with Crippen molar-refractivity contribution in [1.29, 1.82) is 0 Å². The number of benzene rings is 1. The van der Waals surface area contributed by atoms with E-state index in [1.54, 1.807) is 18.2 Å². The Labute approximate surface area is 220 Å². The van der Waals surface area contributed by atoms with Crippen LogP contribution in [0.15, 0.2) is 18.2 Å². The lowest BCUT2D eigenvalue weighted by Crippen LogP contribution is -2.58. The summed E-state index contributed by atoms with van der Waals surface area (Å²) in [6, 6.07) is 5.57. The molecule has 0 bridgehead atoms. The fourth-order valence-corrected chi connectivity index (χ4v) is 6.57. The number of piperazine rings is 1. The summed E-state index contributed by atoms with van der Waals surface area (Å²) in [4.78, 5) is 33.1. The summed E-state index contributed by atoms with van der Waals surface area (Å²) in [5.74, 6) is 0.509. The highest BCUT2D eigenvalue weighted by Gasteiger charge is 2.37. The Bertz CT molecular complexity index is 869. The van der Waals surface area contributed by atoms with Crippen molar-refractivity contribution in [2.24, 2.45) is 5.92 Å². The molecule has 0 aromatic heterocycles. The lowest BCUT2D eigenvalue weighted by atomic mass is 9.95. The van der Waals surface area contributed by atoms with Gasteiger partial charge < -0.3 is 15.1 Å². The highest BCUT2D eigenvalue weighted by molar-refractivity contribution is 6.36. The number of nitrogens with one attached hydrogen (secondary N) is 1. The molecule has 0 unspecified atom stereocenters. The summed E-state index contributed by atoms with van der Waals surface area (Å²) >= 11 is 12.3.